The van der Waals surface area contributed by atoms with Gasteiger partial charge in [0.2, 0.25) is 0 Å². The Labute approximate surface area is 144 Å². The summed E-state index contributed by atoms with van der Waals surface area (Å²) < 4.78 is 10.7. The van der Waals surface area contributed by atoms with Crippen LogP contribution in [0, 0.1) is 0 Å². The van der Waals surface area contributed by atoms with Gasteiger partial charge >= 0.3 is 0 Å². The number of aliphatic imine (C=N–C) groups is 1. The minimum Gasteiger partial charge on any atom is -0.383 e. The van der Waals surface area contributed by atoms with Crippen LogP contribution in [0.3, 0.4) is 0 Å². The highest BCUT2D eigenvalue weighted by Crippen LogP contribution is 2.16. The number of hydrogen-bond acceptors (Lipinski definition) is 5. The van der Waals surface area contributed by atoms with E-state index >= 15 is 0 Å². The second-order valence-electron chi connectivity index (χ2n) is 6.08. The van der Waals surface area contributed by atoms with E-state index in [1.54, 1.807) is 14.2 Å². The van der Waals surface area contributed by atoms with Gasteiger partial charge in [-0.05, 0) is 31.5 Å². The Hall–Kier alpha value is -1.86. The van der Waals surface area contributed by atoms with Crippen molar-refractivity contribution in [3.63, 3.8) is 0 Å². The highest BCUT2D eigenvalue weighted by atomic mass is 16.5. The van der Waals surface area contributed by atoms with Gasteiger partial charge < -0.3 is 25.0 Å². The van der Waals surface area contributed by atoms with Gasteiger partial charge in [-0.15, -0.1) is 0 Å². The number of ether oxygens (including phenoxy) is 2. The number of anilines is 1. The van der Waals surface area contributed by atoms with Crippen molar-refractivity contribution in [2.24, 2.45) is 4.99 Å². The van der Waals surface area contributed by atoms with Gasteiger partial charge in [-0.25, -0.2) is 4.98 Å². The molecule has 0 bridgehead atoms. The second kappa shape index (κ2) is 9.44. The molecule has 0 spiro atoms. The predicted octanol–water partition coefficient (Wildman–Crippen LogP) is 1.01. The zero-order valence-electron chi connectivity index (χ0n) is 15.1. The van der Waals surface area contributed by atoms with Gasteiger partial charge in [0.05, 0.1) is 19.3 Å². The minimum atomic E-state index is 0.198. The average Bonchev–Trinajstić information content (AvgIpc) is 2.59. The first-order valence-electron chi connectivity index (χ1n) is 8.40. The van der Waals surface area contributed by atoms with Gasteiger partial charge in [0.25, 0.3) is 0 Å². The SMILES string of the molecule is CN=C(NCc1ccnc(N2CCOC(C)C2)c1)NC(C)COC. The van der Waals surface area contributed by atoms with Gasteiger partial charge in [-0.1, -0.05) is 0 Å². The minimum absolute atomic E-state index is 0.198. The Kier molecular flexibility index (Phi) is 7.27. The van der Waals surface area contributed by atoms with Crippen molar-refractivity contribution in [2.75, 3.05) is 45.4 Å². The van der Waals surface area contributed by atoms with Crippen LogP contribution in [0.1, 0.15) is 19.4 Å². The van der Waals surface area contributed by atoms with Crippen LogP contribution >= 0.6 is 0 Å². The molecule has 0 aliphatic carbocycles. The monoisotopic (exact) mass is 335 g/mol. The van der Waals surface area contributed by atoms with Crippen molar-refractivity contribution in [3.05, 3.63) is 23.9 Å². The molecule has 2 rings (SSSR count). The van der Waals surface area contributed by atoms with Crippen LogP contribution in [-0.2, 0) is 16.0 Å². The van der Waals surface area contributed by atoms with Crippen LogP contribution in [0.4, 0.5) is 5.82 Å². The molecule has 1 saturated heterocycles. The maximum atomic E-state index is 5.59. The van der Waals surface area contributed by atoms with Crippen LogP contribution in [-0.4, -0.2) is 63.6 Å². The molecule has 1 aromatic heterocycles. The summed E-state index contributed by atoms with van der Waals surface area (Å²) in [5.41, 5.74) is 1.17. The van der Waals surface area contributed by atoms with Gasteiger partial charge in [-0.3, -0.25) is 4.99 Å². The fourth-order valence-electron chi connectivity index (χ4n) is 2.68. The van der Waals surface area contributed by atoms with Crippen LogP contribution < -0.4 is 15.5 Å². The van der Waals surface area contributed by atoms with E-state index in [2.05, 4.69) is 45.4 Å². The molecule has 0 radical (unpaired) electrons. The van der Waals surface area contributed by atoms with Gasteiger partial charge in [-0.2, -0.15) is 0 Å². The molecule has 7 nitrogen and oxygen atoms in total. The molecule has 1 aromatic rings. The number of nitrogens with zero attached hydrogens (tertiary/aromatic N) is 3. The van der Waals surface area contributed by atoms with Crippen molar-refractivity contribution in [1.29, 1.82) is 0 Å². The van der Waals surface area contributed by atoms with Crippen molar-refractivity contribution in [1.82, 2.24) is 15.6 Å². The first-order valence-corrected chi connectivity index (χ1v) is 8.40. The first-order chi connectivity index (χ1) is 11.6. The lowest BCUT2D eigenvalue weighted by Gasteiger charge is -2.32. The smallest absolute Gasteiger partial charge is 0.191 e. The Bertz CT molecular complexity index is 537. The van der Waals surface area contributed by atoms with E-state index < -0.39 is 0 Å². The summed E-state index contributed by atoms with van der Waals surface area (Å²) >= 11 is 0. The predicted molar refractivity (Wildman–Crippen MR) is 96.5 cm³/mol. The molecule has 1 fully saturated rings. The zero-order chi connectivity index (χ0) is 17.4. The summed E-state index contributed by atoms with van der Waals surface area (Å²) in [6, 6.07) is 4.34. The highest BCUT2D eigenvalue weighted by Gasteiger charge is 2.18. The molecule has 0 aromatic carbocycles. The molecule has 1 aliphatic rings. The fourth-order valence-corrected chi connectivity index (χ4v) is 2.68. The highest BCUT2D eigenvalue weighted by molar-refractivity contribution is 5.79. The lowest BCUT2D eigenvalue weighted by atomic mass is 10.2. The van der Waals surface area contributed by atoms with Crippen molar-refractivity contribution < 1.29 is 9.47 Å². The number of pyridine rings is 1. The summed E-state index contributed by atoms with van der Waals surface area (Å²) in [4.78, 5) is 11.0. The van der Waals surface area contributed by atoms with Crippen molar-refractivity contribution in [3.8, 4) is 0 Å². The van der Waals surface area contributed by atoms with Crippen LogP contribution in [0.2, 0.25) is 0 Å². The number of morpholine rings is 1. The molecule has 134 valence electrons. The van der Waals surface area contributed by atoms with Crippen LogP contribution in [0.15, 0.2) is 23.3 Å². The summed E-state index contributed by atoms with van der Waals surface area (Å²) in [5, 5.41) is 6.62. The second-order valence-corrected chi connectivity index (χ2v) is 6.08. The fraction of sp³-hybridized carbons (Fsp3) is 0.647. The van der Waals surface area contributed by atoms with E-state index in [1.807, 2.05) is 12.3 Å². The molecule has 2 N–H and O–H groups in total. The Morgan fingerprint density at radius 2 is 2.42 bits per heavy atom. The summed E-state index contributed by atoms with van der Waals surface area (Å²) in [7, 11) is 3.46. The largest absolute Gasteiger partial charge is 0.383 e. The molecule has 0 saturated carbocycles. The van der Waals surface area contributed by atoms with Crippen LogP contribution in [0.25, 0.3) is 0 Å². The van der Waals surface area contributed by atoms with E-state index in [-0.39, 0.29) is 12.1 Å². The molecular formula is C17H29N5O2. The third-order valence-corrected chi connectivity index (χ3v) is 3.86. The Morgan fingerprint density at radius 1 is 1.58 bits per heavy atom. The van der Waals surface area contributed by atoms with Gasteiger partial charge in [0.1, 0.15) is 5.82 Å². The normalized spacial score (nSPS) is 19.9. The molecule has 2 atom stereocenters. The molecule has 7 heteroatoms. The van der Waals surface area contributed by atoms with E-state index in [9.17, 15) is 0 Å². The summed E-state index contributed by atoms with van der Waals surface area (Å²) in [6.45, 7) is 7.98. The van der Waals surface area contributed by atoms with Gasteiger partial charge in [0, 0.05) is 46.0 Å². The molecule has 2 unspecified atom stereocenters. The van der Waals surface area contributed by atoms with E-state index in [4.69, 9.17) is 9.47 Å². The number of hydrogen-bond donors (Lipinski definition) is 2. The molecular weight excluding hydrogens is 306 g/mol. The molecule has 2 heterocycles. The first kappa shape index (κ1) is 18.5. The Morgan fingerprint density at radius 3 is 3.12 bits per heavy atom. The van der Waals surface area contributed by atoms with Crippen molar-refractivity contribution in [2.45, 2.75) is 32.5 Å². The summed E-state index contributed by atoms with van der Waals surface area (Å²) in [6.07, 6.45) is 2.10. The Balaban J connectivity index is 1.91. The lowest BCUT2D eigenvalue weighted by Crippen LogP contribution is -2.43. The number of nitrogens with one attached hydrogen (secondary N) is 2. The van der Waals surface area contributed by atoms with Gasteiger partial charge in [0.15, 0.2) is 5.96 Å². The third kappa shape index (κ3) is 5.65. The average molecular weight is 335 g/mol. The van der Waals surface area contributed by atoms with Crippen LogP contribution in [0.5, 0.6) is 0 Å². The molecule has 0 amide bonds. The standard InChI is InChI=1S/C17H29N5O2/c1-13(12-23-4)21-17(18-3)20-10-15-5-6-19-16(9-15)22-7-8-24-14(2)11-22/h5-6,9,13-14H,7-8,10-12H2,1-4H3,(H2,18,20,21). The van der Waals surface area contributed by atoms with E-state index in [0.717, 1.165) is 31.5 Å². The topological polar surface area (TPSA) is 71.0 Å². The number of guanidine groups is 1. The van der Waals surface area contributed by atoms with Crippen molar-refractivity contribution >= 4 is 11.8 Å². The number of aromatic nitrogens is 1. The maximum Gasteiger partial charge on any atom is 0.191 e. The summed E-state index contributed by atoms with van der Waals surface area (Å²) in [5.74, 6) is 1.76. The van der Waals surface area contributed by atoms with E-state index in [1.165, 1.54) is 5.56 Å². The van der Waals surface area contributed by atoms with E-state index in [0.29, 0.717) is 13.2 Å². The molecule has 1 aliphatic heterocycles. The third-order valence-electron chi connectivity index (χ3n) is 3.86. The maximum absolute atomic E-state index is 5.59. The molecule has 24 heavy (non-hydrogen) atoms. The quantitative estimate of drug-likeness (QED) is 0.597. The number of rotatable bonds is 6. The zero-order valence-corrected chi connectivity index (χ0v) is 15.1. The lowest BCUT2D eigenvalue weighted by molar-refractivity contribution is 0.0529. The number of methoxy groups -OCH3 is 1.